The number of amides is 1. The summed E-state index contributed by atoms with van der Waals surface area (Å²) in [6, 6.07) is 3.09. The standard InChI is InChI=1S/C11H18N2O3/c1-7(2)10(11(12)15)13-5-8-3-4-9(6-14)16-8/h3-4,7,10,13-14H,5-6H2,1-2H3,(H2,12,15). The molecule has 1 rings (SSSR count). The summed E-state index contributed by atoms with van der Waals surface area (Å²) in [5.74, 6) is 0.946. The molecule has 1 heterocycles. The van der Waals surface area contributed by atoms with Gasteiger partial charge < -0.3 is 15.3 Å². The maximum Gasteiger partial charge on any atom is 0.234 e. The molecule has 0 aliphatic heterocycles. The highest BCUT2D eigenvalue weighted by Crippen LogP contribution is 2.09. The number of furan rings is 1. The fourth-order valence-electron chi connectivity index (χ4n) is 1.48. The number of nitrogens with one attached hydrogen (secondary N) is 1. The number of rotatable bonds is 6. The van der Waals surface area contributed by atoms with Crippen LogP contribution in [-0.4, -0.2) is 17.1 Å². The Morgan fingerprint density at radius 2 is 2.12 bits per heavy atom. The van der Waals surface area contributed by atoms with Gasteiger partial charge in [0.25, 0.3) is 0 Å². The smallest absolute Gasteiger partial charge is 0.234 e. The molecule has 0 bridgehead atoms. The number of carbonyl (C=O) groups excluding carboxylic acids is 1. The Bertz CT molecular complexity index is 347. The highest BCUT2D eigenvalue weighted by Gasteiger charge is 2.18. The molecule has 1 unspecified atom stereocenters. The van der Waals surface area contributed by atoms with Crippen molar-refractivity contribution in [2.24, 2.45) is 11.7 Å². The molecule has 1 atom stereocenters. The van der Waals surface area contributed by atoms with Gasteiger partial charge in [0.15, 0.2) is 0 Å². The number of aliphatic hydroxyl groups excluding tert-OH is 1. The molecule has 0 fully saturated rings. The number of hydrogen-bond acceptors (Lipinski definition) is 4. The maximum absolute atomic E-state index is 11.1. The second-order valence-electron chi connectivity index (χ2n) is 4.03. The molecule has 0 saturated carbocycles. The molecule has 0 radical (unpaired) electrons. The van der Waals surface area contributed by atoms with Crippen LogP contribution in [0.5, 0.6) is 0 Å². The van der Waals surface area contributed by atoms with E-state index in [9.17, 15) is 4.79 Å². The molecule has 0 saturated heterocycles. The highest BCUT2D eigenvalue weighted by molar-refractivity contribution is 5.80. The van der Waals surface area contributed by atoms with Gasteiger partial charge in [-0.15, -0.1) is 0 Å². The molecule has 4 N–H and O–H groups in total. The first-order valence-corrected chi connectivity index (χ1v) is 5.25. The van der Waals surface area contributed by atoms with Crippen LogP contribution in [0.25, 0.3) is 0 Å². The van der Waals surface area contributed by atoms with Crippen LogP contribution in [0, 0.1) is 5.92 Å². The van der Waals surface area contributed by atoms with Crippen molar-refractivity contribution in [3.8, 4) is 0 Å². The Morgan fingerprint density at radius 3 is 2.56 bits per heavy atom. The van der Waals surface area contributed by atoms with Gasteiger partial charge in [-0.05, 0) is 18.1 Å². The molecule has 1 aromatic heterocycles. The zero-order valence-electron chi connectivity index (χ0n) is 9.56. The van der Waals surface area contributed by atoms with Crippen molar-refractivity contribution in [2.75, 3.05) is 0 Å². The van der Waals surface area contributed by atoms with Crippen LogP contribution in [-0.2, 0) is 17.9 Å². The number of hydrogen-bond donors (Lipinski definition) is 3. The second-order valence-corrected chi connectivity index (χ2v) is 4.03. The predicted octanol–water partition coefficient (Wildman–Crippen LogP) is 0.371. The van der Waals surface area contributed by atoms with Gasteiger partial charge in [0.2, 0.25) is 5.91 Å². The summed E-state index contributed by atoms with van der Waals surface area (Å²) in [4.78, 5) is 11.1. The first-order valence-electron chi connectivity index (χ1n) is 5.25. The van der Waals surface area contributed by atoms with Crippen molar-refractivity contribution >= 4 is 5.91 Å². The quantitative estimate of drug-likeness (QED) is 0.654. The van der Waals surface area contributed by atoms with Crippen LogP contribution >= 0.6 is 0 Å². The minimum Gasteiger partial charge on any atom is -0.462 e. The lowest BCUT2D eigenvalue weighted by atomic mass is 10.0. The van der Waals surface area contributed by atoms with E-state index < -0.39 is 0 Å². The van der Waals surface area contributed by atoms with Gasteiger partial charge in [-0.3, -0.25) is 10.1 Å². The van der Waals surface area contributed by atoms with Crippen molar-refractivity contribution in [3.05, 3.63) is 23.7 Å². The van der Waals surface area contributed by atoms with Crippen LogP contribution in [0.3, 0.4) is 0 Å². The molecule has 5 nitrogen and oxygen atoms in total. The first-order chi connectivity index (χ1) is 7.54. The molecular formula is C11H18N2O3. The zero-order chi connectivity index (χ0) is 12.1. The molecular weight excluding hydrogens is 208 g/mol. The van der Waals surface area contributed by atoms with Gasteiger partial charge in [0.05, 0.1) is 12.6 Å². The van der Waals surface area contributed by atoms with Crippen molar-refractivity contribution < 1.29 is 14.3 Å². The lowest BCUT2D eigenvalue weighted by Gasteiger charge is -2.17. The third-order valence-electron chi connectivity index (χ3n) is 2.34. The van der Waals surface area contributed by atoms with Crippen molar-refractivity contribution in [1.82, 2.24) is 5.32 Å². The summed E-state index contributed by atoms with van der Waals surface area (Å²) >= 11 is 0. The van der Waals surface area contributed by atoms with Crippen LogP contribution in [0.4, 0.5) is 0 Å². The minimum atomic E-state index is -0.373. The average molecular weight is 226 g/mol. The molecule has 90 valence electrons. The number of aliphatic hydroxyl groups is 1. The van der Waals surface area contributed by atoms with Gasteiger partial charge in [-0.2, -0.15) is 0 Å². The number of primary amides is 1. The van der Waals surface area contributed by atoms with Gasteiger partial charge in [0.1, 0.15) is 18.1 Å². The lowest BCUT2D eigenvalue weighted by Crippen LogP contribution is -2.44. The normalized spacial score (nSPS) is 13.0. The van der Waals surface area contributed by atoms with Crippen molar-refractivity contribution in [3.63, 3.8) is 0 Å². The van der Waals surface area contributed by atoms with E-state index in [1.54, 1.807) is 12.1 Å². The molecule has 0 aromatic carbocycles. The largest absolute Gasteiger partial charge is 0.462 e. The van der Waals surface area contributed by atoms with Gasteiger partial charge >= 0.3 is 0 Å². The fraction of sp³-hybridized carbons (Fsp3) is 0.545. The summed E-state index contributed by atoms with van der Waals surface area (Å²) in [5.41, 5.74) is 5.26. The Morgan fingerprint density at radius 1 is 1.50 bits per heavy atom. The van der Waals surface area contributed by atoms with Gasteiger partial charge in [0, 0.05) is 0 Å². The second kappa shape index (κ2) is 5.67. The Labute approximate surface area is 94.6 Å². The fourth-order valence-corrected chi connectivity index (χ4v) is 1.48. The molecule has 0 aliphatic carbocycles. The molecule has 0 aliphatic rings. The zero-order valence-corrected chi connectivity index (χ0v) is 9.56. The summed E-state index contributed by atoms with van der Waals surface area (Å²) < 4.78 is 5.28. The van der Waals surface area contributed by atoms with E-state index >= 15 is 0 Å². The van der Waals surface area contributed by atoms with Gasteiger partial charge in [-0.1, -0.05) is 13.8 Å². The van der Waals surface area contributed by atoms with Crippen LogP contribution in [0.2, 0.25) is 0 Å². The van der Waals surface area contributed by atoms with Crippen LogP contribution in [0.15, 0.2) is 16.5 Å². The molecule has 1 aromatic rings. The summed E-state index contributed by atoms with van der Waals surface area (Å²) in [6.45, 7) is 4.14. The van der Waals surface area contributed by atoms with Crippen LogP contribution < -0.4 is 11.1 Å². The van der Waals surface area contributed by atoms with E-state index in [0.29, 0.717) is 18.1 Å². The number of nitrogens with two attached hydrogens (primary N) is 1. The molecule has 16 heavy (non-hydrogen) atoms. The molecule has 0 spiro atoms. The SMILES string of the molecule is CC(C)C(NCc1ccc(CO)o1)C(N)=O. The highest BCUT2D eigenvalue weighted by atomic mass is 16.4. The van der Waals surface area contributed by atoms with Crippen LogP contribution in [0.1, 0.15) is 25.4 Å². The maximum atomic E-state index is 11.1. The van der Waals surface area contributed by atoms with Gasteiger partial charge in [-0.25, -0.2) is 0 Å². The topological polar surface area (TPSA) is 88.5 Å². The Kier molecular flexibility index (Phi) is 4.52. The van der Waals surface area contributed by atoms with E-state index in [-0.39, 0.29) is 24.5 Å². The minimum absolute atomic E-state index is 0.122. The number of carbonyl (C=O) groups is 1. The summed E-state index contributed by atoms with van der Waals surface area (Å²) in [5, 5.41) is 11.8. The summed E-state index contributed by atoms with van der Waals surface area (Å²) in [6.07, 6.45) is 0. The third kappa shape index (κ3) is 3.36. The van der Waals surface area contributed by atoms with E-state index in [2.05, 4.69) is 5.32 Å². The van der Waals surface area contributed by atoms with E-state index in [1.807, 2.05) is 13.8 Å². The van der Waals surface area contributed by atoms with Crippen molar-refractivity contribution in [1.29, 1.82) is 0 Å². The molecule has 1 amide bonds. The Hall–Kier alpha value is -1.33. The molecule has 5 heteroatoms. The average Bonchev–Trinajstić information content (AvgIpc) is 2.65. The predicted molar refractivity (Wildman–Crippen MR) is 59.3 cm³/mol. The summed E-state index contributed by atoms with van der Waals surface area (Å²) in [7, 11) is 0. The van der Waals surface area contributed by atoms with E-state index in [4.69, 9.17) is 15.3 Å². The lowest BCUT2D eigenvalue weighted by molar-refractivity contribution is -0.121. The Balaban J connectivity index is 2.52. The first kappa shape index (κ1) is 12.7. The van der Waals surface area contributed by atoms with E-state index in [0.717, 1.165) is 0 Å². The van der Waals surface area contributed by atoms with Crippen molar-refractivity contribution in [2.45, 2.75) is 33.0 Å². The third-order valence-corrected chi connectivity index (χ3v) is 2.34. The monoisotopic (exact) mass is 226 g/mol. The van der Waals surface area contributed by atoms with E-state index in [1.165, 1.54) is 0 Å².